The minimum absolute atomic E-state index is 0.129. The molecule has 1 amide bonds. The summed E-state index contributed by atoms with van der Waals surface area (Å²) in [5.74, 6) is 1.41. The molecule has 2 aromatic carbocycles. The zero-order valence-corrected chi connectivity index (χ0v) is 17.1. The van der Waals surface area contributed by atoms with Crippen molar-refractivity contribution >= 4 is 29.0 Å². The lowest BCUT2D eigenvalue weighted by atomic mass is 10.2. The van der Waals surface area contributed by atoms with E-state index in [2.05, 4.69) is 25.9 Å². The number of anilines is 3. The Hall–Kier alpha value is -4.21. The lowest BCUT2D eigenvalue weighted by molar-refractivity contribution is -0.384. The summed E-state index contributed by atoms with van der Waals surface area (Å²) in [6.45, 7) is 2.53. The van der Waals surface area contributed by atoms with Crippen LogP contribution in [0.15, 0.2) is 54.6 Å². The van der Waals surface area contributed by atoms with E-state index in [0.29, 0.717) is 24.9 Å². The first-order valence-electron chi connectivity index (χ1n) is 9.48. The van der Waals surface area contributed by atoms with Crippen LogP contribution in [0.3, 0.4) is 0 Å². The second-order valence-electron chi connectivity index (χ2n) is 6.56. The first-order valence-corrected chi connectivity index (χ1v) is 9.48. The van der Waals surface area contributed by atoms with Gasteiger partial charge in [0, 0.05) is 48.2 Å². The maximum Gasteiger partial charge on any atom is 0.270 e. The molecule has 0 bridgehead atoms. The molecular weight excluding hydrogens is 400 g/mol. The van der Waals surface area contributed by atoms with Crippen molar-refractivity contribution < 1.29 is 14.5 Å². The van der Waals surface area contributed by atoms with Crippen LogP contribution in [0.5, 0.6) is 5.75 Å². The maximum absolute atomic E-state index is 12.2. The Balaban J connectivity index is 1.53. The van der Waals surface area contributed by atoms with Gasteiger partial charge in [0.05, 0.1) is 12.0 Å². The van der Waals surface area contributed by atoms with E-state index >= 15 is 0 Å². The van der Waals surface area contributed by atoms with Crippen molar-refractivity contribution in [2.45, 2.75) is 6.92 Å². The molecule has 0 spiro atoms. The van der Waals surface area contributed by atoms with Gasteiger partial charge in [0.25, 0.3) is 11.6 Å². The second-order valence-corrected chi connectivity index (χ2v) is 6.56. The fourth-order valence-electron chi connectivity index (χ4n) is 2.75. The average Bonchev–Trinajstić information content (AvgIpc) is 2.77. The molecule has 10 heteroatoms. The summed E-state index contributed by atoms with van der Waals surface area (Å²) in [5, 5.41) is 19.8. The summed E-state index contributed by atoms with van der Waals surface area (Å²) in [6.07, 6.45) is 0. The number of amides is 1. The first-order chi connectivity index (χ1) is 14.9. The molecule has 0 aliphatic heterocycles. The lowest BCUT2D eigenvalue weighted by Gasteiger charge is -2.11. The van der Waals surface area contributed by atoms with Crippen molar-refractivity contribution in [2.75, 3.05) is 30.8 Å². The van der Waals surface area contributed by atoms with E-state index in [-0.39, 0.29) is 11.3 Å². The third-order valence-electron chi connectivity index (χ3n) is 4.23. The third-order valence-corrected chi connectivity index (χ3v) is 4.23. The predicted octanol–water partition coefficient (Wildman–Crippen LogP) is 3.29. The van der Waals surface area contributed by atoms with E-state index in [0.717, 1.165) is 17.1 Å². The number of nitro groups is 1. The molecule has 0 atom stereocenters. The number of ether oxygens (including phenoxy) is 1. The van der Waals surface area contributed by atoms with Crippen LogP contribution >= 0.6 is 0 Å². The number of aromatic nitrogens is 2. The van der Waals surface area contributed by atoms with Crippen molar-refractivity contribution in [2.24, 2.45) is 0 Å². The normalized spacial score (nSPS) is 10.3. The van der Waals surface area contributed by atoms with Gasteiger partial charge in [0.1, 0.15) is 11.6 Å². The number of hydrogen-bond donors (Lipinski definition) is 3. The maximum atomic E-state index is 12.2. The number of hydrogen-bond acceptors (Lipinski definition) is 8. The van der Waals surface area contributed by atoms with Crippen LogP contribution in [0.2, 0.25) is 0 Å². The Kier molecular flexibility index (Phi) is 6.94. The summed E-state index contributed by atoms with van der Waals surface area (Å²) in [6, 6.07) is 14.9. The van der Waals surface area contributed by atoms with Crippen LogP contribution in [-0.2, 0) is 0 Å². The molecule has 160 valence electrons. The van der Waals surface area contributed by atoms with E-state index in [4.69, 9.17) is 4.74 Å². The number of nitrogens with zero attached hydrogens (tertiary/aromatic N) is 3. The van der Waals surface area contributed by atoms with E-state index < -0.39 is 10.8 Å². The third kappa shape index (κ3) is 6.13. The highest BCUT2D eigenvalue weighted by Gasteiger charge is 2.11. The van der Waals surface area contributed by atoms with Gasteiger partial charge < -0.3 is 20.7 Å². The Morgan fingerprint density at radius 1 is 1.10 bits per heavy atom. The zero-order chi connectivity index (χ0) is 22.2. The van der Waals surface area contributed by atoms with Crippen molar-refractivity contribution in [3.8, 4) is 5.75 Å². The highest BCUT2D eigenvalue weighted by molar-refractivity contribution is 5.94. The van der Waals surface area contributed by atoms with E-state index in [1.54, 1.807) is 7.11 Å². The van der Waals surface area contributed by atoms with Crippen molar-refractivity contribution in [1.82, 2.24) is 15.3 Å². The number of carbonyl (C=O) groups excluding carboxylic acids is 1. The Labute approximate surface area is 178 Å². The summed E-state index contributed by atoms with van der Waals surface area (Å²) in [5.41, 5.74) is 1.73. The van der Waals surface area contributed by atoms with Crippen LogP contribution in [0.1, 0.15) is 16.1 Å². The zero-order valence-electron chi connectivity index (χ0n) is 17.1. The highest BCUT2D eigenvalue weighted by atomic mass is 16.6. The molecule has 0 saturated heterocycles. The van der Waals surface area contributed by atoms with Crippen LogP contribution in [-0.4, -0.2) is 41.0 Å². The second kappa shape index (κ2) is 10.0. The van der Waals surface area contributed by atoms with Crippen molar-refractivity contribution in [3.63, 3.8) is 0 Å². The van der Waals surface area contributed by atoms with Gasteiger partial charge in [-0.05, 0) is 37.3 Å². The van der Waals surface area contributed by atoms with Gasteiger partial charge in [0.2, 0.25) is 5.95 Å². The van der Waals surface area contributed by atoms with Gasteiger partial charge in [-0.15, -0.1) is 0 Å². The lowest BCUT2D eigenvalue weighted by Crippen LogP contribution is -2.29. The molecule has 1 heterocycles. The van der Waals surface area contributed by atoms with Gasteiger partial charge in [-0.25, -0.2) is 4.98 Å². The molecule has 0 unspecified atom stereocenters. The summed E-state index contributed by atoms with van der Waals surface area (Å²) >= 11 is 0. The van der Waals surface area contributed by atoms with Crippen LogP contribution in [0, 0.1) is 17.0 Å². The van der Waals surface area contributed by atoms with Gasteiger partial charge in [0.15, 0.2) is 0 Å². The van der Waals surface area contributed by atoms with Crippen LogP contribution < -0.4 is 20.7 Å². The minimum Gasteiger partial charge on any atom is -0.497 e. The van der Waals surface area contributed by atoms with Crippen molar-refractivity contribution in [3.05, 3.63) is 76.0 Å². The number of carbonyl (C=O) groups is 1. The summed E-state index contributed by atoms with van der Waals surface area (Å²) < 4.78 is 5.15. The molecule has 0 radical (unpaired) electrons. The molecular formula is C21H22N6O4. The van der Waals surface area contributed by atoms with E-state index in [1.165, 1.54) is 24.3 Å². The number of methoxy groups -OCH3 is 1. The molecule has 0 saturated carbocycles. The van der Waals surface area contributed by atoms with Crippen LogP contribution in [0.4, 0.5) is 23.1 Å². The number of non-ortho nitro benzene ring substituents is 1. The Morgan fingerprint density at radius 3 is 2.58 bits per heavy atom. The molecule has 0 aliphatic rings. The Bertz CT molecular complexity index is 1070. The molecule has 1 aromatic heterocycles. The Morgan fingerprint density at radius 2 is 1.87 bits per heavy atom. The largest absolute Gasteiger partial charge is 0.497 e. The van der Waals surface area contributed by atoms with Crippen molar-refractivity contribution in [1.29, 1.82) is 0 Å². The quantitative estimate of drug-likeness (QED) is 0.272. The van der Waals surface area contributed by atoms with E-state index in [9.17, 15) is 14.9 Å². The monoisotopic (exact) mass is 422 g/mol. The predicted molar refractivity (Wildman–Crippen MR) is 117 cm³/mol. The molecule has 3 aromatic rings. The molecule has 10 nitrogen and oxygen atoms in total. The number of benzene rings is 2. The van der Waals surface area contributed by atoms with E-state index in [1.807, 2.05) is 37.3 Å². The average molecular weight is 422 g/mol. The van der Waals surface area contributed by atoms with Crippen LogP contribution in [0.25, 0.3) is 0 Å². The first kappa shape index (κ1) is 21.5. The fraction of sp³-hybridized carbons (Fsp3) is 0.190. The summed E-state index contributed by atoms with van der Waals surface area (Å²) in [4.78, 5) is 31.2. The molecule has 3 N–H and O–H groups in total. The molecule has 3 rings (SSSR count). The number of aryl methyl sites for hydroxylation is 1. The number of nitro benzene ring substituents is 1. The van der Waals surface area contributed by atoms with Gasteiger partial charge in [-0.1, -0.05) is 6.07 Å². The van der Waals surface area contributed by atoms with Gasteiger partial charge in [-0.3, -0.25) is 14.9 Å². The van der Waals surface area contributed by atoms with Gasteiger partial charge in [-0.2, -0.15) is 4.98 Å². The highest BCUT2D eigenvalue weighted by Crippen LogP contribution is 2.20. The molecule has 0 fully saturated rings. The van der Waals surface area contributed by atoms with Gasteiger partial charge >= 0.3 is 0 Å². The smallest absolute Gasteiger partial charge is 0.270 e. The molecule has 31 heavy (non-hydrogen) atoms. The topological polar surface area (TPSA) is 131 Å². The fourth-order valence-corrected chi connectivity index (χ4v) is 2.75. The summed E-state index contributed by atoms with van der Waals surface area (Å²) in [7, 11) is 1.61. The number of nitrogens with one attached hydrogen (secondary N) is 3. The standard InChI is InChI=1S/C21H22N6O4/c1-14-12-19(25-16-6-8-18(31-2)9-7-16)26-21(24-14)23-11-10-22-20(28)15-4-3-5-17(13-15)27(29)30/h3-9,12-13H,10-11H2,1-2H3,(H,22,28)(H2,23,24,25,26). The molecule has 0 aliphatic carbocycles. The number of rotatable bonds is 9. The minimum atomic E-state index is -0.537. The SMILES string of the molecule is COc1ccc(Nc2cc(C)nc(NCCNC(=O)c3cccc([N+](=O)[O-])c3)n2)cc1.